The minimum absolute atomic E-state index is 0.0404. The lowest BCUT2D eigenvalue weighted by Crippen LogP contribution is -2.04. The van der Waals surface area contributed by atoms with Crippen LogP contribution in [0.4, 0.5) is 22.7 Å². The summed E-state index contributed by atoms with van der Waals surface area (Å²) in [5.41, 5.74) is 2.43. The van der Waals surface area contributed by atoms with Crippen molar-refractivity contribution in [2.75, 3.05) is 18.5 Å². The number of nitrogens with zero attached hydrogens (tertiary/aromatic N) is 4. The molecule has 0 spiro atoms. The van der Waals surface area contributed by atoms with Gasteiger partial charge in [-0.15, -0.1) is 5.11 Å². The molecule has 8 heteroatoms. The quantitative estimate of drug-likeness (QED) is 0.417. The Morgan fingerprint density at radius 2 is 2.00 bits per heavy atom. The Bertz CT molecular complexity index is 841. The van der Waals surface area contributed by atoms with Gasteiger partial charge in [-0.05, 0) is 36.2 Å². The molecular formula is C18H19N5O3. The maximum absolute atomic E-state index is 11.0. The van der Waals surface area contributed by atoms with Crippen molar-refractivity contribution in [1.29, 1.82) is 5.26 Å². The van der Waals surface area contributed by atoms with Gasteiger partial charge in [0.15, 0.2) is 0 Å². The van der Waals surface area contributed by atoms with Crippen LogP contribution in [0.25, 0.3) is 0 Å². The second-order valence-corrected chi connectivity index (χ2v) is 5.52. The average Bonchev–Trinajstić information content (AvgIpc) is 2.65. The van der Waals surface area contributed by atoms with E-state index in [0.717, 1.165) is 12.1 Å². The third-order valence-corrected chi connectivity index (χ3v) is 3.60. The van der Waals surface area contributed by atoms with Crippen LogP contribution in [0, 0.1) is 21.4 Å². The molecule has 134 valence electrons. The lowest BCUT2D eigenvalue weighted by Gasteiger charge is -2.06. The molecule has 0 radical (unpaired) electrons. The molecule has 0 atom stereocenters. The monoisotopic (exact) mass is 353 g/mol. The predicted octanol–water partition coefficient (Wildman–Crippen LogP) is 4.24. The van der Waals surface area contributed by atoms with Gasteiger partial charge in [0.25, 0.3) is 5.69 Å². The van der Waals surface area contributed by atoms with Crippen LogP contribution in [0.1, 0.15) is 24.5 Å². The van der Waals surface area contributed by atoms with Gasteiger partial charge in [-0.1, -0.05) is 13.3 Å². The molecule has 0 aliphatic carbocycles. The van der Waals surface area contributed by atoms with Gasteiger partial charge in [0.1, 0.15) is 11.8 Å². The Kier molecular flexibility index (Phi) is 6.76. The van der Waals surface area contributed by atoms with E-state index in [1.54, 1.807) is 24.3 Å². The number of aryl methyl sites for hydroxylation is 1. The number of nitrogens with one attached hydrogen (secondary N) is 1. The number of hydrogen-bond acceptors (Lipinski definition) is 7. The molecule has 0 saturated heterocycles. The number of benzene rings is 2. The van der Waals surface area contributed by atoms with E-state index in [9.17, 15) is 15.4 Å². The Balaban J connectivity index is 2.33. The summed E-state index contributed by atoms with van der Waals surface area (Å²) in [5, 5.41) is 40.5. The highest BCUT2D eigenvalue weighted by atomic mass is 16.6. The van der Waals surface area contributed by atoms with Crippen molar-refractivity contribution in [2.45, 2.75) is 19.8 Å². The van der Waals surface area contributed by atoms with E-state index in [-0.39, 0.29) is 17.9 Å². The summed E-state index contributed by atoms with van der Waals surface area (Å²) in [5.74, 6) is 0. The molecule has 2 aromatic carbocycles. The molecule has 0 saturated carbocycles. The van der Waals surface area contributed by atoms with Crippen molar-refractivity contribution in [2.24, 2.45) is 10.2 Å². The number of rotatable bonds is 8. The van der Waals surface area contributed by atoms with E-state index in [1.807, 2.05) is 13.0 Å². The number of non-ortho nitro benzene ring substituents is 1. The molecule has 0 aliphatic heterocycles. The van der Waals surface area contributed by atoms with Gasteiger partial charge in [0.2, 0.25) is 0 Å². The Hall–Kier alpha value is -3.31. The first kappa shape index (κ1) is 19.0. The van der Waals surface area contributed by atoms with Gasteiger partial charge in [0, 0.05) is 24.4 Å². The van der Waals surface area contributed by atoms with Crippen LogP contribution in [0.3, 0.4) is 0 Å². The second-order valence-electron chi connectivity index (χ2n) is 5.52. The van der Waals surface area contributed by atoms with Crippen molar-refractivity contribution in [3.8, 4) is 6.07 Å². The lowest BCUT2D eigenvalue weighted by atomic mass is 10.0. The minimum Gasteiger partial charge on any atom is -0.395 e. The zero-order valence-electron chi connectivity index (χ0n) is 14.3. The molecule has 0 aromatic heterocycles. The Morgan fingerprint density at radius 3 is 2.58 bits per heavy atom. The average molecular weight is 353 g/mol. The third-order valence-electron chi connectivity index (χ3n) is 3.60. The topological polar surface area (TPSA) is 124 Å². The Morgan fingerprint density at radius 1 is 1.27 bits per heavy atom. The number of nitriles is 1. The van der Waals surface area contributed by atoms with Crippen molar-refractivity contribution >= 4 is 22.7 Å². The molecule has 0 bridgehead atoms. The standard InChI is InChI=1S/C18H19N5O3/c1-2-3-13-10-17(23(25)26)11-14(12-19)18(13)22-21-16-6-4-15(5-7-16)20-8-9-24/h4-7,10-11,20,24H,2-3,8-9H2,1H3. The largest absolute Gasteiger partial charge is 0.395 e. The fraction of sp³-hybridized carbons (Fsp3) is 0.278. The fourth-order valence-corrected chi connectivity index (χ4v) is 2.40. The molecule has 26 heavy (non-hydrogen) atoms. The van der Waals surface area contributed by atoms with Gasteiger partial charge < -0.3 is 10.4 Å². The molecule has 0 aliphatic rings. The molecule has 0 heterocycles. The first-order valence-electron chi connectivity index (χ1n) is 8.17. The van der Waals surface area contributed by atoms with Gasteiger partial charge in [-0.2, -0.15) is 10.4 Å². The second kappa shape index (κ2) is 9.25. The zero-order valence-corrected chi connectivity index (χ0v) is 14.3. The van der Waals surface area contributed by atoms with Crippen molar-refractivity contribution in [1.82, 2.24) is 0 Å². The lowest BCUT2D eigenvalue weighted by molar-refractivity contribution is -0.384. The van der Waals surface area contributed by atoms with Crippen LogP contribution in [0.5, 0.6) is 0 Å². The SMILES string of the molecule is CCCc1cc([N+](=O)[O-])cc(C#N)c1N=Nc1ccc(NCCO)cc1. The van der Waals surface area contributed by atoms with Crippen LogP contribution < -0.4 is 5.32 Å². The summed E-state index contributed by atoms with van der Waals surface area (Å²) in [4.78, 5) is 10.5. The Labute approximate surface area is 151 Å². The van der Waals surface area contributed by atoms with E-state index >= 15 is 0 Å². The number of azo groups is 1. The van der Waals surface area contributed by atoms with Gasteiger partial charge >= 0.3 is 0 Å². The highest BCUT2D eigenvalue weighted by Crippen LogP contribution is 2.32. The molecule has 0 amide bonds. The summed E-state index contributed by atoms with van der Waals surface area (Å²) in [6.07, 6.45) is 1.33. The first-order valence-corrected chi connectivity index (χ1v) is 8.17. The fourth-order valence-electron chi connectivity index (χ4n) is 2.40. The van der Waals surface area contributed by atoms with E-state index < -0.39 is 4.92 Å². The predicted molar refractivity (Wildman–Crippen MR) is 98.0 cm³/mol. The number of hydrogen-bond donors (Lipinski definition) is 2. The molecule has 0 unspecified atom stereocenters. The van der Waals surface area contributed by atoms with Crippen LogP contribution in [0.15, 0.2) is 46.6 Å². The van der Waals surface area contributed by atoms with Crippen LogP contribution in [0.2, 0.25) is 0 Å². The van der Waals surface area contributed by atoms with E-state index in [0.29, 0.717) is 29.9 Å². The van der Waals surface area contributed by atoms with Crippen molar-refractivity contribution in [3.63, 3.8) is 0 Å². The van der Waals surface area contributed by atoms with Gasteiger partial charge in [0.05, 0.1) is 22.8 Å². The number of nitro benzene ring substituents is 1. The molecule has 0 fully saturated rings. The number of aliphatic hydroxyl groups is 1. The normalized spacial score (nSPS) is 10.7. The molecule has 8 nitrogen and oxygen atoms in total. The third kappa shape index (κ3) is 4.84. The number of nitro groups is 1. The van der Waals surface area contributed by atoms with Crippen molar-refractivity contribution in [3.05, 3.63) is 57.6 Å². The molecular weight excluding hydrogens is 334 g/mol. The maximum Gasteiger partial charge on any atom is 0.271 e. The molecule has 2 N–H and O–H groups in total. The summed E-state index contributed by atoms with van der Waals surface area (Å²) >= 11 is 0. The van der Waals surface area contributed by atoms with E-state index in [2.05, 4.69) is 15.5 Å². The van der Waals surface area contributed by atoms with Crippen LogP contribution >= 0.6 is 0 Å². The maximum atomic E-state index is 11.0. The first-order chi connectivity index (χ1) is 12.6. The summed E-state index contributed by atoms with van der Waals surface area (Å²) in [6.45, 7) is 2.44. The zero-order chi connectivity index (χ0) is 18.9. The summed E-state index contributed by atoms with van der Waals surface area (Å²) in [7, 11) is 0. The summed E-state index contributed by atoms with van der Waals surface area (Å²) < 4.78 is 0. The van der Waals surface area contributed by atoms with Crippen molar-refractivity contribution < 1.29 is 10.0 Å². The minimum atomic E-state index is -0.515. The van der Waals surface area contributed by atoms with Gasteiger partial charge in [-0.3, -0.25) is 10.1 Å². The van der Waals surface area contributed by atoms with E-state index in [1.165, 1.54) is 12.1 Å². The highest BCUT2D eigenvalue weighted by molar-refractivity contribution is 5.63. The van der Waals surface area contributed by atoms with Crippen LogP contribution in [-0.2, 0) is 6.42 Å². The number of anilines is 1. The molecule has 2 aromatic rings. The number of aliphatic hydroxyl groups excluding tert-OH is 1. The summed E-state index contributed by atoms with van der Waals surface area (Å²) in [6, 6.07) is 11.7. The highest BCUT2D eigenvalue weighted by Gasteiger charge is 2.16. The van der Waals surface area contributed by atoms with Crippen LogP contribution in [-0.4, -0.2) is 23.2 Å². The smallest absolute Gasteiger partial charge is 0.271 e. The van der Waals surface area contributed by atoms with E-state index in [4.69, 9.17) is 5.11 Å². The molecule has 2 rings (SSSR count). The van der Waals surface area contributed by atoms with Gasteiger partial charge in [-0.25, -0.2) is 0 Å².